The summed E-state index contributed by atoms with van der Waals surface area (Å²) in [5, 5.41) is 10.8. The second-order valence-corrected chi connectivity index (χ2v) is 7.03. The van der Waals surface area contributed by atoms with E-state index in [0.29, 0.717) is 5.02 Å². The summed E-state index contributed by atoms with van der Waals surface area (Å²) in [6.07, 6.45) is 1.59. The molecule has 1 fully saturated rings. The van der Waals surface area contributed by atoms with E-state index in [1.165, 1.54) is 6.42 Å². The second-order valence-electron chi connectivity index (χ2n) is 5.71. The van der Waals surface area contributed by atoms with Crippen molar-refractivity contribution in [3.05, 3.63) is 33.3 Å². The normalized spacial score (nSPS) is 23.7. The second kappa shape index (κ2) is 6.57. The van der Waals surface area contributed by atoms with Crippen molar-refractivity contribution < 1.29 is 5.11 Å². The number of hydrogen-bond donors (Lipinski definition) is 1. The zero-order valence-electron chi connectivity index (χ0n) is 11.4. The van der Waals surface area contributed by atoms with Gasteiger partial charge in [0.1, 0.15) is 0 Å². The Morgan fingerprint density at radius 3 is 2.79 bits per heavy atom. The Kier molecular flexibility index (Phi) is 5.29. The maximum absolute atomic E-state index is 10.2. The molecule has 0 amide bonds. The van der Waals surface area contributed by atoms with Gasteiger partial charge < -0.3 is 10.0 Å². The first kappa shape index (κ1) is 15.3. The van der Waals surface area contributed by atoms with Crippen LogP contribution >= 0.6 is 27.5 Å². The molecule has 1 saturated carbocycles. The molecule has 19 heavy (non-hydrogen) atoms. The molecule has 2 rings (SSSR count). The smallest absolute Gasteiger partial charge is 0.0816 e. The van der Waals surface area contributed by atoms with Gasteiger partial charge in [0.2, 0.25) is 0 Å². The van der Waals surface area contributed by atoms with Crippen molar-refractivity contribution in [1.82, 2.24) is 4.90 Å². The lowest BCUT2D eigenvalue weighted by Gasteiger charge is -2.19. The number of aliphatic hydroxyl groups excluding tert-OH is 1. The van der Waals surface area contributed by atoms with Gasteiger partial charge in [-0.25, -0.2) is 0 Å². The Morgan fingerprint density at radius 1 is 1.53 bits per heavy atom. The van der Waals surface area contributed by atoms with E-state index in [1.807, 2.05) is 18.2 Å². The van der Waals surface area contributed by atoms with Gasteiger partial charge in [0.05, 0.1) is 6.10 Å². The zero-order valence-corrected chi connectivity index (χ0v) is 13.8. The predicted molar refractivity (Wildman–Crippen MR) is 83.5 cm³/mol. The molecule has 106 valence electrons. The summed E-state index contributed by atoms with van der Waals surface area (Å²) in [5.41, 5.74) is 0.818. The molecule has 0 spiro atoms. The fourth-order valence-electron chi connectivity index (χ4n) is 2.41. The van der Waals surface area contributed by atoms with Crippen LogP contribution in [0.2, 0.25) is 5.02 Å². The molecule has 4 heteroatoms. The van der Waals surface area contributed by atoms with Crippen LogP contribution in [0.3, 0.4) is 0 Å². The van der Waals surface area contributed by atoms with Crippen molar-refractivity contribution in [3.8, 4) is 0 Å². The van der Waals surface area contributed by atoms with Crippen LogP contribution in [-0.2, 0) is 0 Å². The van der Waals surface area contributed by atoms with Gasteiger partial charge in [-0.1, -0.05) is 40.5 Å². The molecule has 1 N–H and O–H groups in total. The number of halogens is 2. The van der Waals surface area contributed by atoms with Crippen molar-refractivity contribution in [2.45, 2.75) is 25.9 Å². The minimum absolute atomic E-state index is 0.486. The average Bonchev–Trinajstić information content (AvgIpc) is 3.01. The summed E-state index contributed by atoms with van der Waals surface area (Å²) < 4.78 is 0.938. The van der Waals surface area contributed by atoms with Crippen molar-refractivity contribution >= 4 is 27.5 Å². The first-order valence-electron chi connectivity index (χ1n) is 6.79. The molecule has 3 unspecified atom stereocenters. The fourth-order valence-corrected chi connectivity index (χ4v) is 3.21. The highest BCUT2D eigenvalue weighted by Gasteiger charge is 2.33. The van der Waals surface area contributed by atoms with Crippen molar-refractivity contribution in [2.75, 3.05) is 20.1 Å². The highest BCUT2D eigenvalue weighted by molar-refractivity contribution is 9.10. The number of hydrogen-bond acceptors (Lipinski definition) is 2. The summed E-state index contributed by atoms with van der Waals surface area (Å²) in [7, 11) is 2.13. The van der Waals surface area contributed by atoms with Gasteiger partial charge >= 0.3 is 0 Å². The van der Waals surface area contributed by atoms with E-state index in [1.54, 1.807) is 0 Å². The van der Waals surface area contributed by atoms with E-state index >= 15 is 0 Å². The van der Waals surface area contributed by atoms with E-state index < -0.39 is 6.10 Å². The maximum atomic E-state index is 10.2. The van der Waals surface area contributed by atoms with Gasteiger partial charge in [-0.2, -0.15) is 0 Å². The Balaban J connectivity index is 1.81. The molecule has 1 aromatic carbocycles. The van der Waals surface area contributed by atoms with Crippen LogP contribution in [-0.4, -0.2) is 30.1 Å². The third-order valence-electron chi connectivity index (χ3n) is 3.93. The van der Waals surface area contributed by atoms with Crippen LogP contribution in [0.15, 0.2) is 22.7 Å². The van der Waals surface area contributed by atoms with Gasteiger partial charge in [-0.15, -0.1) is 0 Å². The largest absolute Gasteiger partial charge is 0.388 e. The standard InChI is InChI=1S/C15H21BrClNO/c1-10-7-11(10)9-18(2)6-5-15(19)13-4-3-12(16)8-14(13)17/h3-4,8,10-11,15,19H,5-7,9H2,1-2H3. The number of aliphatic hydroxyl groups is 1. The zero-order chi connectivity index (χ0) is 14.0. The monoisotopic (exact) mass is 345 g/mol. The summed E-state index contributed by atoms with van der Waals surface area (Å²) >= 11 is 9.52. The van der Waals surface area contributed by atoms with E-state index in [-0.39, 0.29) is 0 Å². The van der Waals surface area contributed by atoms with E-state index in [4.69, 9.17) is 11.6 Å². The first-order chi connectivity index (χ1) is 8.97. The Hall–Kier alpha value is -0.0900. The first-order valence-corrected chi connectivity index (χ1v) is 7.96. The number of benzene rings is 1. The molecule has 0 radical (unpaired) electrons. The quantitative estimate of drug-likeness (QED) is 0.838. The minimum atomic E-state index is -0.486. The molecule has 2 nitrogen and oxygen atoms in total. The topological polar surface area (TPSA) is 23.5 Å². The van der Waals surface area contributed by atoms with Crippen LogP contribution in [0.1, 0.15) is 31.4 Å². The molecule has 3 atom stereocenters. The van der Waals surface area contributed by atoms with Crippen molar-refractivity contribution in [1.29, 1.82) is 0 Å². The maximum Gasteiger partial charge on any atom is 0.0816 e. The molecule has 1 aliphatic carbocycles. The van der Waals surface area contributed by atoms with Crippen LogP contribution in [0, 0.1) is 11.8 Å². The van der Waals surface area contributed by atoms with Gasteiger partial charge in [0, 0.05) is 22.6 Å². The molecular formula is C15H21BrClNO. The minimum Gasteiger partial charge on any atom is -0.388 e. The fraction of sp³-hybridized carbons (Fsp3) is 0.600. The lowest BCUT2D eigenvalue weighted by Crippen LogP contribution is -2.24. The van der Waals surface area contributed by atoms with Gasteiger partial charge in [-0.05, 0) is 49.4 Å². The van der Waals surface area contributed by atoms with Crippen molar-refractivity contribution in [3.63, 3.8) is 0 Å². The molecule has 0 saturated heterocycles. The summed E-state index contributed by atoms with van der Waals surface area (Å²) in [4.78, 5) is 2.31. The lowest BCUT2D eigenvalue weighted by atomic mass is 10.1. The van der Waals surface area contributed by atoms with Crippen molar-refractivity contribution in [2.24, 2.45) is 11.8 Å². The molecular weight excluding hydrogens is 326 g/mol. The molecule has 0 bridgehead atoms. The van der Waals surface area contributed by atoms with Crippen LogP contribution in [0.4, 0.5) is 0 Å². The Labute approximate surface area is 128 Å². The highest BCUT2D eigenvalue weighted by atomic mass is 79.9. The molecule has 0 aromatic heterocycles. The van der Waals surface area contributed by atoms with Gasteiger partial charge in [-0.3, -0.25) is 0 Å². The predicted octanol–water partition coefficient (Wildman–Crippen LogP) is 4.11. The summed E-state index contributed by atoms with van der Waals surface area (Å²) in [6.45, 7) is 4.34. The third kappa shape index (κ3) is 4.45. The molecule has 1 aliphatic rings. The molecule has 0 aliphatic heterocycles. The lowest BCUT2D eigenvalue weighted by molar-refractivity contribution is 0.147. The molecule has 1 aromatic rings. The van der Waals surface area contributed by atoms with E-state index in [0.717, 1.165) is 41.4 Å². The molecule has 0 heterocycles. The van der Waals surface area contributed by atoms with Crippen LogP contribution in [0.25, 0.3) is 0 Å². The summed E-state index contributed by atoms with van der Waals surface area (Å²) in [6, 6.07) is 5.63. The summed E-state index contributed by atoms with van der Waals surface area (Å²) in [5.74, 6) is 1.74. The van der Waals surface area contributed by atoms with Gasteiger partial charge in [0.25, 0.3) is 0 Å². The Morgan fingerprint density at radius 2 is 2.21 bits per heavy atom. The average molecular weight is 347 g/mol. The number of rotatable bonds is 6. The SMILES string of the molecule is CC1CC1CN(C)CCC(O)c1ccc(Br)cc1Cl. The van der Waals surface area contributed by atoms with Crippen LogP contribution < -0.4 is 0 Å². The van der Waals surface area contributed by atoms with Gasteiger partial charge in [0.15, 0.2) is 0 Å². The Bertz CT molecular complexity index is 440. The van der Waals surface area contributed by atoms with Crippen LogP contribution in [0.5, 0.6) is 0 Å². The van der Waals surface area contributed by atoms with E-state index in [9.17, 15) is 5.11 Å². The highest BCUT2D eigenvalue weighted by Crippen LogP contribution is 2.38. The third-order valence-corrected chi connectivity index (χ3v) is 4.75. The number of nitrogens with zero attached hydrogens (tertiary/aromatic N) is 1. The van der Waals surface area contributed by atoms with E-state index in [2.05, 4.69) is 34.8 Å².